The standard InChI is InChI=1S/C48H69N13O26S/c1-16(52-40(79)17-3-5-18(6-4-17)50-10-19-11-51-39-32(53-19)46(85)61-48(49)60-39)2-7-26(68)57-29(36(76)33(73)23(65)12-62)43(82)54-20(8-27(69)70)41(80)58-30(37(77)34(74)24(66)13-63)44(83)55-21(9-28(71)72)42(81)59-31(38(78)35(75)25(67)14-64)45(84)56-22(15-88)47(86)87/h3-6,11,16,20-25,29-31,33-38,50,62-67,73-78,88H,2,7-10,12-15H2,1H3,(H,52,79)(H,54,82)(H,55,83)(H,56,84)(H,57,68)(H,58,80)(H,59,81)(H,69,70)(H,71,72)(H,86,87)(H3,49,51,60,61,85)/t16-,20+,21+,22+,23-,24-,25-,29+,30+,31+,33-,34-,35-,36-,37-,38-/m1/s1. The van der Waals surface area contributed by atoms with Gasteiger partial charge in [-0.05, 0) is 37.6 Å². The van der Waals surface area contributed by atoms with Gasteiger partial charge in [0.25, 0.3) is 11.5 Å². The number of benzene rings is 1. The van der Waals surface area contributed by atoms with Crippen LogP contribution in [-0.2, 0) is 49.7 Å². The fourth-order valence-electron chi connectivity index (χ4n) is 7.72. The molecule has 2 aromatic heterocycles. The fraction of sp³-hybridized carbons (Fsp3) is 0.542. The van der Waals surface area contributed by atoms with Gasteiger partial charge in [-0.1, -0.05) is 0 Å². The Labute approximate surface area is 500 Å². The van der Waals surface area contributed by atoms with Crippen molar-refractivity contribution in [1.82, 2.24) is 57.2 Å². The van der Waals surface area contributed by atoms with Gasteiger partial charge in [0, 0.05) is 29.5 Å². The van der Waals surface area contributed by atoms with Crippen LogP contribution in [0.5, 0.6) is 0 Å². The summed E-state index contributed by atoms with van der Waals surface area (Å²) in [6, 6.07) is -9.83. The highest BCUT2D eigenvalue weighted by atomic mass is 32.1. The zero-order chi connectivity index (χ0) is 66.4. The minimum atomic E-state index is -2.89. The number of amides is 7. The smallest absolute Gasteiger partial charge is 0.327 e. The number of H-pyrrole nitrogens is 1. The van der Waals surface area contributed by atoms with Crippen molar-refractivity contribution in [1.29, 1.82) is 0 Å². The number of aliphatic hydroxyl groups is 12. The van der Waals surface area contributed by atoms with Crippen molar-refractivity contribution < 1.29 is 125 Å². The molecule has 7 amide bonds. The lowest BCUT2D eigenvalue weighted by Gasteiger charge is -2.33. The van der Waals surface area contributed by atoms with E-state index < -0.39 is 207 Å². The van der Waals surface area contributed by atoms with Gasteiger partial charge >= 0.3 is 17.9 Å². The van der Waals surface area contributed by atoms with Gasteiger partial charge in [-0.3, -0.25) is 52.9 Å². The Kier molecular flexibility index (Phi) is 29.2. The monoisotopic (exact) mass is 1280 g/mol. The Bertz CT molecular complexity index is 2990. The average molecular weight is 1280 g/mol. The predicted molar refractivity (Wildman–Crippen MR) is 295 cm³/mol. The average Bonchev–Trinajstić information content (AvgIpc) is 2.37. The van der Waals surface area contributed by atoms with Gasteiger partial charge in [0.1, 0.15) is 91.2 Å². The van der Waals surface area contributed by atoms with Gasteiger partial charge in [0.15, 0.2) is 11.2 Å². The summed E-state index contributed by atoms with van der Waals surface area (Å²) in [7, 11) is 0. The van der Waals surface area contributed by atoms with E-state index in [9.17, 15) is 129 Å². The number of nitrogens with two attached hydrogens (primary N) is 1. The SMILES string of the molecule is C[C@H](CCC(=O)N[C@H](C(=O)N[C@@H](CC(=O)O)C(=O)N[C@H](C(=O)N[C@@H](CC(=O)O)C(=O)N[C@H](C(=O)N[C@@H](CS)C(=O)O)[C@@H](O)[C@H](O)[C@H](O)CO)[C@@H](O)[C@H](O)[C@H](O)CO)[C@@H](O)[C@H](O)[C@H](O)CO)NC(=O)c1ccc(NCc2cnc3nc(N)[nH]c(=O)c3n2)cc1. The van der Waals surface area contributed by atoms with Crippen LogP contribution < -0.4 is 53.8 Å². The number of carbonyl (C=O) groups excluding carboxylic acids is 7. The van der Waals surface area contributed by atoms with Gasteiger partial charge < -0.3 is 125 Å². The first-order valence-electron chi connectivity index (χ1n) is 26.0. The summed E-state index contributed by atoms with van der Waals surface area (Å²) < 4.78 is 0. The lowest BCUT2D eigenvalue weighted by molar-refractivity contribution is -0.147. The maximum absolute atomic E-state index is 14.0. The van der Waals surface area contributed by atoms with Crippen LogP contribution in [-0.4, -0.2) is 279 Å². The molecule has 0 aliphatic rings. The summed E-state index contributed by atoms with van der Waals surface area (Å²) >= 11 is 3.75. The topological polar surface area (TPSA) is 668 Å². The first-order chi connectivity index (χ1) is 41.3. The van der Waals surface area contributed by atoms with Crippen LogP contribution in [0, 0.1) is 0 Å². The number of carboxylic acids is 3. The second-order valence-corrected chi connectivity index (χ2v) is 19.8. The Morgan fingerprint density at radius 2 is 1.01 bits per heavy atom. The van der Waals surface area contributed by atoms with E-state index in [1.165, 1.54) is 37.4 Å². The molecule has 40 heteroatoms. The lowest BCUT2D eigenvalue weighted by Crippen LogP contribution is -2.66. The van der Waals surface area contributed by atoms with E-state index in [1.54, 1.807) is 26.6 Å². The van der Waals surface area contributed by atoms with Crippen LogP contribution in [0.2, 0.25) is 0 Å². The van der Waals surface area contributed by atoms with E-state index in [2.05, 4.69) is 43.2 Å². The fourth-order valence-corrected chi connectivity index (χ4v) is 7.97. The molecular formula is C48H69N13O26S. The molecule has 0 spiro atoms. The molecular weight excluding hydrogens is 1210 g/mol. The Morgan fingerprint density at radius 1 is 0.580 bits per heavy atom. The number of rotatable bonds is 37. The summed E-state index contributed by atoms with van der Waals surface area (Å²) in [6.45, 7) is -2.39. The molecule has 2 heterocycles. The summed E-state index contributed by atoms with van der Waals surface area (Å²) in [5, 5.41) is 168. The van der Waals surface area contributed by atoms with E-state index in [4.69, 9.17) is 5.73 Å². The molecule has 0 radical (unpaired) electrons. The number of hydrogen-bond donors (Lipinski definition) is 26. The summed E-state index contributed by atoms with van der Waals surface area (Å²) in [6.07, 6.45) is -25.3. The van der Waals surface area contributed by atoms with Crippen LogP contribution in [0.1, 0.15) is 48.7 Å². The number of thiol groups is 1. The zero-order valence-corrected chi connectivity index (χ0v) is 46.9. The lowest BCUT2D eigenvalue weighted by atomic mass is 9.98. The van der Waals surface area contributed by atoms with Crippen LogP contribution in [0.25, 0.3) is 11.2 Å². The Hall–Kier alpha value is -8.39. The molecule has 26 N–H and O–H groups in total. The van der Waals surface area contributed by atoms with Gasteiger partial charge in [-0.25, -0.2) is 14.8 Å². The molecule has 3 aromatic rings. The molecule has 0 saturated carbocycles. The Balaban J connectivity index is 1.86. The Morgan fingerprint density at radius 3 is 1.42 bits per heavy atom. The molecule has 488 valence electrons. The number of anilines is 2. The van der Waals surface area contributed by atoms with Crippen LogP contribution in [0.15, 0.2) is 35.3 Å². The van der Waals surface area contributed by atoms with Crippen molar-refractivity contribution in [2.45, 2.75) is 136 Å². The van der Waals surface area contributed by atoms with Crippen LogP contribution >= 0.6 is 12.6 Å². The summed E-state index contributed by atoms with van der Waals surface area (Å²) in [4.78, 5) is 158. The van der Waals surface area contributed by atoms with Gasteiger partial charge in [0.05, 0.1) is 51.1 Å². The van der Waals surface area contributed by atoms with Crippen molar-refractivity contribution in [3.8, 4) is 0 Å². The first kappa shape index (κ1) is 73.9. The number of fused-ring (bicyclic) bond motifs is 1. The van der Waals surface area contributed by atoms with Crippen LogP contribution in [0.4, 0.5) is 11.6 Å². The number of carbonyl (C=O) groups is 10. The van der Waals surface area contributed by atoms with Gasteiger partial charge in [-0.2, -0.15) is 17.6 Å². The quantitative estimate of drug-likeness (QED) is 0.0238. The van der Waals surface area contributed by atoms with Gasteiger partial charge in [0.2, 0.25) is 41.4 Å². The number of hydrogen-bond acceptors (Lipinski definition) is 29. The minimum Gasteiger partial charge on any atom is -0.481 e. The normalized spacial score (nSPS) is 16.9. The number of aliphatic carboxylic acids is 3. The second-order valence-electron chi connectivity index (χ2n) is 19.4. The summed E-state index contributed by atoms with van der Waals surface area (Å²) in [5.74, 6) is -17.3. The molecule has 0 unspecified atom stereocenters. The maximum atomic E-state index is 14.0. The molecule has 0 aliphatic carbocycles. The first-order valence-corrected chi connectivity index (χ1v) is 26.6. The van der Waals surface area contributed by atoms with Crippen molar-refractivity contribution in [2.75, 3.05) is 36.6 Å². The number of nitrogen functional groups attached to an aromatic ring is 1. The van der Waals surface area contributed by atoms with Crippen molar-refractivity contribution in [3.05, 3.63) is 52.1 Å². The van der Waals surface area contributed by atoms with E-state index in [0.29, 0.717) is 11.4 Å². The molecule has 1 aromatic carbocycles. The van der Waals surface area contributed by atoms with E-state index in [-0.39, 0.29) is 35.6 Å². The number of nitrogens with one attached hydrogen (secondary N) is 9. The molecule has 0 saturated heterocycles. The van der Waals surface area contributed by atoms with Crippen molar-refractivity contribution >= 4 is 94.7 Å². The third-order valence-electron chi connectivity index (χ3n) is 12.7. The molecule has 3 rings (SSSR count). The number of aromatic nitrogens is 4. The summed E-state index contributed by atoms with van der Waals surface area (Å²) in [5.41, 5.74) is 5.93. The highest BCUT2D eigenvalue weighted by Gasteiger charge is 2.44. The second kappa shape index (κ2) is 34.8. The molecule has 0 aliphatic heterocycles. The van der Waals surface area contributed by atoms with Crippen LogP contribution in [0.3, 0.4) is 0 Å². The molecule has 0 fully saturated rings. The molecule has 16 atom stereocenters. The largest absolute Gasteiger partial charge is 0.481 e. The molecule has 39 nitrogen and oxygen atoms in total. The highest BCUT2D eigenvalue weighted by molar-refractivity contribution is 7.80. The predicted octanol–water partition coefficient (Wildman–Crippen LogP) is -12.1. The maximum Gasteiger partial charge on any atom is 0.327 e. The van der Waals surface area contributed by atoms with E-state index in [1.807, 2.05) is 5.32 Å². The van der Waals surface area contributed by atoms with E-state index in [0.717, 1.165) is 0 Å². The minimum absolute atomic E-state index is 0.0334. The number of aromatic amines is 1. The number of carboxylic acid groups (broad SMARTS) is 3. The third-order valence-corrected chi connectivity index (χ3v) is 13.1. The number of aliphatic hydroxyl groups excluding tert-OH is 12. The van der Waals surface area contributed by atoms with Crippen molar-refractivity contribution in [3.63, 3.8) is 0 Å². The van der Waals surface area contributed by atoms with Gasteiger partial charge in [-0.15, -0.1) is 0 Å². The zero-order valence-electron chi connectivity index (χ0n) is 46.1. The highest BCUT2D eigenvalue weighted by Crippen LogP contribution is 2.15. The number of nitrogens with zero attached hydrogens (tertiary/aromatic N) is 3. The van der Waals surface area contributed by atoms with Crippen molar-refractivity contribution in [2.24, 2.45) is 0 Å². The molecule has 88 heavy (non-hydrogen) atoms. The van der Waals surface area contributed by atoms with E-state index >= 15 is 0 Å². The molecule has 0 bridgehead atoms. The third kappa shape index (κ3) is 21.8.